The van der Waals surface area contributed by atoms with Gasteiger partial charge in [-0.05, 0) is 19.3 Å². The number of rotatable bonds is 4. The van der Waals surface area contributed by atoms with E-state index < -0.39 is 0 Å². The van der Waals surface area contributed by atoms with E-state index in [1.807, 2.05) is 0 Å². The molecule has 1 aromatic heterocycles. The second kappa shape index (κ2) is 4.72. The first-order valence-corrected chi connectivity index (χ1v) is 5.36. The van der Waals surface area contributed by atoms with E-state index in [4.69, 9.17) is 9.26 Å². The average Bonchev–Trinajstić information content (AvgIpc) is 2.84. The van der Waals surface area contributed by atoms with Crippen LogP contribution in [0, 0.1) is 12.8 Å². The number of ether oxygens (including phenoxy) is 1. The minimum atomic E-state index is 0.436. The van der Waals surface area contributed by atoms with Crippen LogP contribution in [0.25, 0.3) is 0 Å². The summed E-state index contributed by atoms with van der Waals surface area (Å²) in [4.78, 5) is 4.14. The molecule has 0 aromatic carbocycles. The Morgan fingerprint density at radius 1 is 1.60 bits per heavy atom. The van der Waals surface area contributed by atoms with Crippen LogP contribution in [0.5, 0.6) is 0 Å². The molecular weight excluding hydrogens is 194 g/mol. The lowest BCUT2D eigenvalue weighted by Gasteiger charge is -2.17. The minimum absolute atomic E-state index is 0.436. The minimum Gasteiger partial charge on any atom is -0.381 e. The Morgan fingerprint density at radius 3 is 3.07 bits per heavy atom. The van der Waals surface area contributed by atoms with Crippen molar-refractivity contribution < 1.29 is 9.26 Å². The van der Waals surface area contributed by atoms with Crippen LogP contribution in [-0.4, -0.2) is 29.4 Å². The molecule has 84 valence electrons. The Morgan fingerprint density at radius 2 is 2.47 bits per heavy atom. The fourth-order valence-corrected chi connectivity index (χ4v) is 1.78. The molecule has 2 heterocycles. The first-order valence-electron chi connectivity index (χ1n) is 5.36. The Kier molecular flexibility index (Phi) is 3.33. The van der Waals surface area contributed by atoms with Gasteiger partial charge in [-0.3, -0.25) is 0 Å². The fraction of sp³-hybridized carbons (Fsp3) is 0.800. The first-order chi connectivity index (χ1) is 7.25. The van der Waals surface area contributed by atoms with Crippen LogP contribution >= 0.6 is 0 Å². The van der Waals surface area contributed by atoms with Crippen molar-refractivity contribution in [1.82, 2.24) is 15.5 Å². The highest BCUT2D eigenvalue weighted by atomic mass is 16.5. The van der Waals surface area contributed by atoms with Crippen molar-refractivity contribution in [3.8, 4) is 0 Å². The summed E-state index contributed by atoms with van der Waals surface area (Å²) in [5.74, 6) is 1.94. The highest BCUT2D eigenvalue weighted by Crippen LogP contribution is 2.16. The number of hydrogen-bond donors (Lipinski definition) is 1. The molecule has 0 spiro atoms. The van der Waals surface area contributed by atoms with E-state index in [1.165, 1.54) is 0 Å². The SMILES string of the molecule is Cc1nc(CN[C@H](C)[C@H]2CCOC2)no1. The van der Waals surface area contributed by atoms with E-state index in [0.29, 0.717) is 24.4 Å². The summed E-state index contributed by atoms with van der Waals surface area (Å²) in [6.07, 6.45) is 1.14. The van der Waals surface area contributed by atoms with Gasteiger partial charge >= 0.3 is 0 Å². The van der Waals surface area contributed by atoms with Gasteiger partial charge in [0.05, 0.1) is 13.2 Å². The zero-order valence-corrected chi connectivity index (χ0v) is 9.19. The predicted molar refractivity (Wildman–Crippen MR) is 54.3 cm³/mol. The summed E-state index contributed by atoms with van der Waals surface area (Å²) < 4.78 is 10.2. The van der Waals surface area contributed by atoms with E-state index in [0.717, 1.165) is 25.5 Å². The van der Waals surface area contributed by atoms with Crippen LogP contribution in [0.15, 0.2) is 4.52 Å². The molecule has 0 radical (unpaired) electrons. The quantitative estimate of drug-likeness (QED) is 0.801. The molecule has 1 N–H and O–H groups in total. The van der Waals surface area contributed by atoms with Crippen LogP contribution in [0.4, 0.5) is 0 Å². The van der Waals surface area contributed by atoms with Gasteiger partial charge in [-0.1, -0.05) is 5.16 Å². The molecule has 0 aliphatic carbocycles. The summed E-state index contributed by atoms with van der Waals surface area (Å²) in [6, 6.07) is 0.436. The van der Waals surface area contributed by atoms with E-state index in [9.17, 15) is 0 Å². The van der Waals surface area contributed by atoms with E-state index in [2.05, 4.69) is 22.4 Å². The maximum absolute atomic E-state index is 5.34. The van der Waals surface area contributed by atoms with Crippen molar-refractivity contribution in [3.63, 3.8) is 0 Å². The molecule has 1 aliphatic heterocycles. The zero-order chi connectivity index (χ0) is 10.7. The standard InChI is InChI=1S/C10H17N3O2/c1-7(9-3-4-14-6-9)11-5-10-12-8(2)15-13-10/h7,9,11H,3-6H2,1-2H3/t7-,9+/m1/s1. The summed E-state index contributed by atoms with van der Waals surface area (Å²) in [5, 5.41) is 7.22. The molecule has 1 saturated heterocycles. The lowest BCUT2D eigenvalue weighted by Crippen LogP contribution is -2.33. The van der Waals surface area contributed by atoms with Crippen molar-refractivity contribution in [3.05, 3.63) is 11.7 Å². The lowest BCUT2D eigenvalue weighted by atomic mass is 10.0. The molecule has 5 nitrogen and oxygen atoms in total. The number of nitrogens with one attached hydrogen (secondary N) is 1. The Labute approximate surface area is 89.2 Å². The van der Waals surface area contributed by atoms with Gasteiger partial charge in [0.15, 0.2) is 5.82 Å². The van der Waals surface area contributed by atoms with Gasteiger partial charge in [0, 0.05) is 19.6 Å². The molecule has 1 aliphatic rings. The molecule has 0 bridgehead atoms. The first kappa shape index (κ1) is 10.6. The second-order valence-electron chi connectivity index (χ2n) is 4.02. The molecule has 1 aromatic rings. The summed E-state index contributed by atoms with van der Waals surface area (Å²) in [5.41, 5.74) is 0. The summed E-state index contributed by atoms with van der Waals surface area (Å²) in [7, 11) is 0. The summed E-state index contributed by atoms with van der Waals surface area (Å²) in [6.45, 7) is 6.38. The normalized spacial score (nSPS) is 23.2. The van der Waals surface area contributed by atoms with Gasteiger partial charge in [0.2, 0.25) is 5.89 Å². The maximum Gasteiger partial charge on any atom is 0.223 e. The smallest absolute Gasteiger partial charge is 0.223 e. The highest BCUT2D eigenvalue weighted by molar-refractivity contribution is 4.85. The zero-order valence-electron chi connectivity index (χ0n) is 9.19. The third-order valence-corrected chi connectivity index (χ3v) is 2.82. The second-order valence-corrected chi connectivity index (χ2v) is 4.02. The van der Waals surface area contributed by atoms with Gasteiger partial charge in [-0.2, -0.15) is 4.98 Å². The number of aryl methyl sites for hydroxylation is 1. The van der Waals surface area contributed by atoms with Crippen LogP contribution in [0.3, 0.4) is 0 Å². The van der Waals surface area contributed by atoms with Crippen molar-refractivity contribution in [2.75, 3.05) is 13.2 Å². The Bertz CT molecular complexity index is 307. The predicted octanol–water partition coefficient (Wildman–Crippen LogP) is 0.893. The monoisotopic (exact) mass is 211 g/mol. The maximum atomic E-state index is 5.34. The largest absolute Gasteiger partial charge is 0.381 e. The van der Waals surface area contributed by atoms with Gasteiger partial charge in [0.25, 0.3) is 0 Å². The topological polar surface area (TPSA) is 60.2 Å². The molecule has 0 saturated carbocycles. The van der Waals surface area contributed by atoms with E-state index >= 15 is 0 Å². The average molecular weight is 211 g/mol. The molecule has 0 unspecified atom stereocenters. The third-order valence-electron chi connectivity index (χ3n) is 2.82. The molecule has 2 rings (SSSR count). The highest BCUT2D eigenvalue weighted by Gasteiger charge is 2.22. The van der Waals surface area contributed by atoms with Crippen molar-refractivity contribution >= 4 is 0 Å². The van der Waals surface area contributed by atoms with Crippen LogP contribution < -0.4 is 5.32 Å². The van der Waals surface area contributed by atoms with E-state index in [1.54, 1.807) is 6.92 Å². The fourth-order valence-electron chi connectivity index (χ4n) is 1.78. The number of nitrogens with zero attached hydrogens (tertiary/aromatic N) is 2. The summed E-state index contributed by atoms with van der Waals surface area (Å²) >= 11 is 0. The van der Waals surface area contributed by atoms with Crippen LogP contribution in [0.1, 0.15) is 25.1 Å². The van der Waals surface area contributed by atoms with Crippen molar-refractivity contribution in [1.29, 1.82) is 0 Å². The number of hydrogen-bond acceptors (Lipinski definition) is 5. The van der Waals surface area contributed by atoms with Crippen molar-refractivity contribution in [2.45, 2.75) is 32.9 Å². The van der Waals surface area contributed by atoms with Gasteiger partial charge in [-0.25, -0.2) is 0 Å². The molecule has 5 heteroatoms. The third kappa shape index (κ3) is 2.76. The molecular formula is C10H17N3O2. The molecule has 2 atom stereocenters. The number of aromatic nitrogens is 2. The molecule has 1 fully saturated rings. The Hall–Kier alpha value is -0.940. The molecule has 15 heavy (non-hydrogen) atoms. The van der Waals surface area contributed by atoms with Crippen LogP contribution in [0.2, 0.25) is 0 Å². The van der Waals surface area contributed by atoms with Crippen LogP contribution in [-0.2, 0) is 11.3 Å². The van der Waals surface area contributed by atoms with Crippen molar-refractivity contribution in [2.24, 2.45) is 5.92 Å². The lowest BCUT2D eigenvalue weighted by molar-refractivity contribution is 0.178. The van der Waals surface area contributed by atoms with Gasteiger partial charge in [0.1, 0.15) is 0 Å². The van der Waals surface area contributed by atoms with Gasteiger partial charge < -0.3 is 14.6 Å². The molecule has 0 amide bonds. The van der Waals surface area contributed by atoms with Gasteiger partial charge in [-0.15, -0.1) is 0 Å². The Balaban J connectivity index is 1.77. The van der Waals surface area contributed by atoms with E-state index in [-0.39, 0.29) is 0 Å².